The first-order valence-electron chi connectivity index (χ1n) is 6.16. The van der Waals surface area contributed by atoms with Crippen LogP contribution < -0.4 is 0 Å². The van der Waals surface area contributed by atoms with Crippen molar-refractivity contribution in [3.8, 4) is 11.3 Å². The van der Waals surface area contributed by atoms with E-state index in [1.165, 1.54) is 6.92 Å². The van der Waals surface area contributed by atoms with Crippen LogP contribution in [0.4, 0.5) is 17.6 Å². The SMILES string of the molecule is Cc1nc2c(-c3nn(C)c(C(F)(F)F)c3Cl)c(F)cc(Cl)c2o1. The number of hydrogen-bond donors (Lipinski definition) is 0. The van der Waals surface area contributed by atoms with Crippen molar-refractivity contribution < 1.29 is 22.0 Å². The summed E-state index contributed by atoms with van der Waals surface area (Å²) in [5.74, 6) is -0.721. The number of hydrogen-bond acceptors (Lipinski definition) is 3. The lowest BCUT2D eigenvalue weighted by atomic mass is 10.1. The van der Waals surface area contributed by atoms with Crippen molar-refractivity contribution in [2.45, 2.75) is 13.1 Å². The van der Waals surface area contributed by atoms with Gasteiger partial charge >= 0.3 is 6.18 Å². The Morgan fingerprint density at radius 3 is 2.48 bits per heavy atom. The van der Waals surface area contributed by atoms with Crippen molar-refractivity contribution in [2.24, 2.45) is 7.05 Å². The first kappa shape index (κ1) is 16.1. The first-order chi connectivity index (χ1) is 10.6. The number of nitrogens with zero attached hydrogens (tertiary/aromatic N) is 3. The van der Waals surface area contributed by atoms with Crippen LogP contribution in [0.2, 0.25) is 10.0 Å². The van der Waals surface area contributed by atoms with Crippen LogP contribution in [0.3, 0.4) is 0 Å². The summed E-state index contributed by atoms with van der Waals surface area (Å²) >= 11 is 11.7. The van der Waals surface area contributed by atoms with E-state index in [0.717, 1.165) is 13.1 Å². The van der Waals surface area contributed by atoms with Gasteiger partial charge in [-0.1, -0.05) is 23.2 Å². The van der Waals surface area contributed by atoms with E-state index in [9.17, 15) is 17.6 Å². The third-order valence-corrected chi connectivity index (χ3v) is 3.81. The Labute approximate surface area is 136 Å². The minimum atomic E-state index is -4.74. The molecule has 1 aromatic carbocycles. The number of halogens is 6. The number of oxazole rings is 1. The number of rotatable bonds is 1. The quantitative estimate of drug-likeness (QED) is 0.568. The molecule has 0 N–H and O–H groups in total. The van der Waals surface area contributed by atoms with Crippen LogP contribution in [0, 0.1) is 12.7 Å². The highest BCUT2D eigenvalue weighted by molar-refractivity contribution is 6.36. The monoisotopic (exact) mass is 367 g/mol. The average Bonchev–Trinajstić information content (AvgIpc) is 2.90. The maximum atomic E-state index is 14.3. The van der Waals surface area contributed by atoms with Crippen LogP contribution in [0.1, 0.15) is 11.6 Å². The summed E-state index contributed by atoms with van der Waals surface area (Å²) in [6.45, 7) is 1.50. The molecule has 0 aliphatic heterocycles. The van der Waals surface area contributed by atoms with Gasteiger partial charge in [-0.15, -0.1) is 0 Å². The molecule has 3 aromatic rings. The molecule has 0 aliphatic carbocycles. The van der Waals surface area contributed by atoms with Gasteiger partial charge in [-0.3, -0.25) is 4.68 Å². The topological polar surface area (TPSA) is 43.9 Å². The maximum Gasteiger partial charge on any atom is 0.434 e. The highest BCUT2D eigenvalue weighted by atomic mass is 35.5. The molecule has 0 spiro atoms. The molecular formula is C13H7Cl2F4N3O. The van der Waals surface area contributed by atoms with Crippen LogP contribution >= 0.6 is 23.2 Å². The lowest BCUT2D eigenvalue weighted by Crippen LogP contribution is -2.12. The van der Waals surface area contributed by atoms with Crippen molar-refractivity contribution in [1.82, 2.24) is 14.8 Å². The second-order valence-electron chi connectivity index (χ2n) is 4.76. The molecule has 2 aromatic heterocycles. The van der Waals surface area contributed by atoms with E-state index in [4.69, 9.17) is 27.6 Å². The van der Waals surface area contributed by atoms with Crippen molar-refractivity contribution in [3.63, 3.8) is 0 Å². The number of aryl methyl sites for hydroxylation is 2. The molecule has 122 valence electrons. The second kappa shape index (κ2) is 5.10. The number of alkyl halides is 3. The van der Waals surface area contributed by atoms with Crippen LogP contribution in [-0.4, -0.2) is 14.8 Å². The minimum absolute atomic E-state index is 0.0405. The van der Waals surface area contributed by atoms with Gasteiger partial charge in [0.05, 0.1) is 15.6 Å². The van der Waals surface area contributed by atoms with E-state index in [-0.39, 0.29) is 33.3 Å². The normalized spacial score (nSPS) is 12.3. The van der Waals surface area contributed by atoms with Gasteiger partial charge in [0.1, 0.15) is 17.0 Å². The fourth-order valence-corrected chi connectivity index (χ4v) is 2.90. The lowest BCUT2D eigenvalue weighted by Gasteiger charge is -2.06. The molecule has 0 saturated carbocycles. The molecule has 10 heteroatoms. The summed E-state index contributed by atoms with van der Waals surface area (Å²) in [7, 11) is 1.07. The van der Waals surface area contributed by atoms with Gasteiger partial charge in [-0.25, -0.2) is 9.37 Å². The Bertz CT molecular complexity index is 930. The summed E-state index contributed by atoms with van der Waals surface area (Å²) in [6, 6.07) is 0.919. The van der Waals surface area contributed by atoms with Gasteiger partial charge in [0, 0.05) is 14.0 Å². The van der Waals surface area contributed by atoms with E-state index in [1.54, 1.807) is 0 Å². The second-order valence-corrected chi connectivity index (χ2v) is 5.54. The molecule has 0 fully saturated rings. The van der Waals surface area contributed by atoms with Crippen molar-refractivity contribution in [2.75, 3.05) is 0 Å². The van der Waals surface area contributed by atoms with Gasteiger partial charge in [-0.05, 0) is 6.07 Å². The lowest BCUT2D eigenvalue weighted by molar-refractivity contribution is -0.143. The number of benzene rings is 1. The number of fused-ring (bicyclic) bond motifs is 1. The Morgan fingerprint density at radius 2 is 1.91 bits per heavy atom. The fourth-order valence-electron chi connectivity index (χ4n) is 2.31. The van der Waals surface area contributed by atoms with Crippen LogP contribution in [0.25, 0.3) is 22.4 Å². The highest BCUT2D eigenvalue weighted by Crippen LogP contribution is 2.43. The molecule has 0 radical (unpaired) electrons. The maximum absolute atomic E-state index is 14.3. The van der Waals surface area contributed by atoms with E-state index >= 15 is 0 Å². The smallest absolute Gasteiger partial charge is 0.434 e. The van der Waals surface area contributed by atoms with Crippen molar-refractivity contribution in [1.29, 1.82) is 0 Å². The zero-order valence-electron chi connectivity index (χ0n) is 11.6. The predicted molar refractivity (Wildman–Crippen MR) is 75.9 cm³/mol. The van der Waals surface area contributed by atoms with Crippen LogP contribution in [0.15, 0.2) is 10.5 Å². The molecule has 2 heterocycles. The van der Waals surface area contributed by atoms with Gasteiger partial charge in [0.2, 0.25) is 0 Å². The summed E-state index contributed by atoms with van der Waals surface area (Å²) in [5, 5.41) is 2.93. The summed E-state index contributed by atoms with van der Waals surface area (Å²) in [4.78, 5) is 3.97. The largest absolute Gasteiger partial charge is 0.439 e. The third-order valence-electron chi connectivity index (χ3n) is 3.17. The van der Waals surface area contributed by atoms with E-state index in [1.807, 2.05) is 0 Å². The summed E-state index contributed by atoms with van der Waals surface area (Å²) in [6.07, 6.45) is -4.74. The molecule has 4 nitrogen and oxygen atoms in total. The molecular weight excluding hydrogens is 361 g/mol. The van der Waals surface area contributed by atoms with Crippen LogP contribution in [0.5, 0.6) is 0 Å². The zero-order valence-corrected chi connectivity index (χ0v) is 13.1. The highest BCUT2D eigenvalue weighted by Gasteiger charge is 2.40. The van der Waals surface area contributed by atoms with Crippen LogP contribution in [-0.2, 0) is 13.2 Å². The zero-order chi connectivity index (χ0) is 17.1. The molecule has 23 heavy (non-hydrogen) atoms. The first-order valence-corrected chi connectivity index (χ1v) is 6.92. The molecule has 0 amide bonds. The Morgan fingerprint density at radius 1 is 1.26 bits per heavy atom. The molecule has 3 rings (SSSR count). The van der Waals surface area contributed by atoms with Crippen molar-refractivity contribution >= 4 is 34.3 Å². The van der Waals surface area contributed by atoms with Gasteiger partial charge < -0.3 is 4.42 Å². The molecule has 0 saturated heterocycles. The summed E-state index contributed by atoms with van der Waals surface area (Å²) < 4.78 is 59.2. The Hall–Kier alpha value is -1.80. The standard InChI is InChI=1S/C13H7Cl2F4N3O/c1-4-20-10-7(6(16)3-5(14)11(10)23-4)9-8(15)12(13(17,18)19)22(2)21-9/h3H,1-2H3. The summed E-state index contributed by atoms with van der Waals surface area (Å²) in [5.41, 5.74) is -1.85. The predicted octanol–water partition coefficient (Wildman–Crippen LogP) is 5.00. The van der Waals surface area contributed by atoms with Gasteiger partial charge in [-0.2, -0.15) is 18.3 Å². The van der Waals surface area contributed by atoms with Gasteiger partial charge in [0.15, 0.2) is 17.2 Å². The van der Waals surface area contributed by atoms with E-state index < -0.39 is 22.7 Å². The fraction of sp³-hybridized carbons (Fsp3) is 0.231. The average molecular weight is 368 g/mol. The van der Waals surface area contributed by atoms with E-state index in [0.29, 0.717) is 4.68 Å². The molecule has 0 bridgehead atoms. The van der Waals surface area contributed by atoms with E-state index in [2.05, 4.69) is 10.1 Å². The van der Waals surface area contributed by atoms with Crippen molar-refractivity contribution in [3.05, 3.63) is 33.5 Å². The number of aromatic nitrogens is 3. The minimum Gasteiger partial charge on any atom is -0.439 e. The molecule has 0 unspecified atom stereocenters. The molecule has 0 aliphatic rings. The molecule has 0 atom stereocenters. The Balaban J connectivity index is 2.39. The Kier molecular flexibility index (Phi) is 3.57. The third kappa shape index (κ3) is 2.46. The van der Waals surface area contributed by atoms with Gasteiger partial charge in [0.25, 0.3) is 0 Å².